The average Bonchev–Trinajstić information content (AvgIpc) is 3.79. The number of benzene rings is 12. The molecule has 12 aromatic carbocycles. The van der Waals surface area contributed by atoms with E-state index in [0.717, 1.165) is 0 Å². The van der Waals surface area contributed by atoms with Gasteiger partial charge < -0.3 is 12.4 Å². The van der Waals surface area contributed by atoms with Gasteiger partial charge in [-0.1, -0.05) is 364 Å². The predicted octanol–water partition coefficient (Wildman–Crippen LogP) is 13.3. The normalized spacial score (nSPS) is 10.3. The molecule has 0 unspecified atom stereocenters. The third-order valence-electron chi connectivity index (χ3n) is 13.7. The molecule has 0 fully saturated rings. The van der Waals surface area contributed by atoms with Crippen molar-refractivity contribution in [1.82, 2.24) is 0 Å². The van der Waals surface area contributed by atoms with Crippen LogP contribution in [0.5, 0.6) is 0 Å². The SMILES string of the molecule is [C-]#[O+].[Cl-].[Cl][Pt].[Pt].[Pt].c1ccc(P(CP(c2ccccc2)c2ccccc2)c2ccccc2)cc1.c1ccc(P(CP(c2ccccc2)c2ccccc2)c2ccccc2)cc1.c1ccc(P(CP(c2ccccc2)c2ccccc2)c2ccccc2)cc1. The molecule has 0 radical (unpaired) electrons. The first-order valence-corrected chi connectivity index (χ1v) is 39.8. The van der Waals surface area contributed by atoms with Crippen molar-refractivity contribution in [1.29, 1.82) is 0 Å². The molecule has 0 spiro atoms. The van der Waals surface area contributed by atoms with Gasteiger partial charge in [-0.2, -0.15) is 0 Å². The largest absolute Gasteiger partial charge is 0.0622 e. The van der Waals surface area contributed by atoms with Gasteiger partial charge in [0.25, 0.3) is 0 Å². The molecule has 12 aromatic rings. The summed E-state index contributed by atoms with van der Waals surface area (Å²) in [5, 5.41) is 17.5. The molecule has 12 rings (SSSR count). The molecule has 0 heterocycles. The Bertz CT molecular complexity index is 2820. The van der Waals surface area contributed by atoms with E-state index in [1.54, 1.807) is 18.8 Å². The molecule has 0 aromatic heterocycles. The first-order chi connectivity index (χ1) is 42.2. The van der Waals surface area contributed by atoms with Crippen molar-refractivity contribution in [3.8, 4) is 0 Å². The molecule has 0 amide bonds. The van der Waals surface area contributed by atoms with E-state index < -0.39 is 47.5 Å². The predicted molar refractivity (Wildman–Crippen MR) is 379 cm³/mol. The molecule has 0 N–H and O–H groups in total. The minimum Gasteiger partial charge on any atom is -0.0622 e. The third kappa shape index (κ3) is 23.1. The Kier molecular flexibility index (Phi) is 36.6. The van der Waals surface area contributed by atoms with E-state index in [4.69, 9.17) is 4.65 Å². The Balaban J connectivity index is 0.000000230. The molecule has 0 saturated heterocycles. The zero-order chi connectivity index (χ0) is 58.9. The van der Waals surface area contributed by atoms with Gasteiger partial charge >= 0.3 is 39.5 Å². The van der Waals surface area contributed by atoms with Gasteiger partial charge in [-0.25, -0.2) is 0 Å². The molecule has 0 saturated carbocycles. The maximum atomic E-state index is 7.50. The van der Waals surface area contributed by atoms with E-state index in [1.165, 1.54) is 81.4 Å². The smallest absolute Gasteiger partial charge is 0.00405 e. The summed E-state index contributed by atoms with van der Waals surface area (Å²) < 4.78 is 7.50. The second kappa shape index (κ2) is 43.4. The summed E-state index contributed by atoms with van der Waals surface area (Å²) in [6.45, 7) is 4.50. The number of halogens is 2. The van der Waals surface area contributed by atoms with E-state index >= 15 is 0 Å². The van der Waals surface area contributed by atoms with E-state index in [9.17, 15) is 0 Å². The first-order valence-electron chi connectivity index (χ1n) is 27.8. The molecule has 0 aliphatic rings. The van der Waals surface area contributed by atoms with Crippen LogP contribution in [0.4, 0.5) is 0 Å². The maximum Gasteiger partial charge on any atom is 0.00405 e. The summed E-state index contributed by atoms with van der Waals surface area (Å²) in [5.74, 6) is 3.52. The van der Waals surface area contributed by atoms with Gasteiger partial charge in [0, 0.05) is 59.8 Å². The van der Waals surface area contributed by atoms with Crippen LogP contribution in [0.1, 0.15) is 0 Å². The fraction of sp³-hybridized carbons (Fsp3) is 0.0395. The number of rotatable bonds is 18. The first kappa shape index (κ1) is 74.3. The standard InChI is InChI=1S/3C25H22P2.CO.2ClH.3Pt/c3*1-5-13-22(14-6-1)26(23-15-7-2-8-16-23)21-27(24-17-9-3-10-18-24)25-19-11-4-12-20-25;1-2;;;;;/h3*1-20H,21H2;;2*1H;;;/q;;;;;;;;+1/p-2. The van der Waals surface area contributed by atoms with E-state index in [1.807, 2.05) is 0 Å². The molecule has 0 bridgehead atoms. The van der Waals surface area contributed by atoms with Crippen molar-refractivity contribution in [2.24, 2.45) is 0 Å². The van der Waals surface area contributed by atoms with Crippen molar-refractivity contribution in [3.05, 3.63) is 371 Å². The summed E-state index contributed by atoms with van der Waals surface area (Å²) in [7, 11) is 2.16. The van der Waals surface area contributed by atoms with Crippen molar-refractivity contribution in [2.75, 3.05) is 17.7 Å². The van der Waals surface area contributed by atoms with Crippen LogP contribution in [0.15, 0.2) is 364 Å². The summed E-state index contributed by atoms with van der Waals surface area (Å²) in [6.07, 6.45) is 0. The molecule has 0 aliphatic carbocycles. The van der Waals surface area contributed by atoms with Crippen LogP contribution in [0, 0.1) is 6.65 Å². The molecule has 88 heavy (non-hydrogen) atoms. The summed E-state index contributed by atoms with van der Waals surface area (Å²) >= 11 is 1.61. The quantitative estimate of drug-likeness (QED) is 0.0464. The van der Waals surface area contributed by atoms with Crippen LogP contribution in [0.25, 0.3) is 0 Å². The van der Waals surface area contributed by atoms with Crippen molar-refractivity contribution in [3.63, 3.8) is 0 Å². The van der Waals surface area contributed by atoms with Crippen LogP contribution in [0.2, 0.25) is 0 Å². The minimum atomic E-state index is -0.409. The van der Waals surface area contributed by atoms with Gasteiger partial charge in [-0.3, -0.25) is 0 Å². The Labute approximate surface area is 581 Å². The van der Waals surface area contributed by atoms with Crippen LogP contribution >= 0.6 is 56.9 Å². The fourth-order valence-corrected chi connectivity index (χ4v) is 29.0. The van der Waals surface area contributed by atoms with Crippen LogP contribution < -0.4 is 76.1 Å². The topological polar surface area (TPSA) is 19.9 Å². The van der Waals surface area contributed by atoms with Crippen LogP contribution in [0.3, 0.4) is 0 Å². The fourth-order valence-electron chi connectivity index (χ4n) is 9.59. The summed E-state index contributed by atoms with van der Waals surface area (Å²) in [6, 6.07) is 132. The van der Waals surface area contributed by atoms with Crippen molar-refractivity contribution in [2.45, 2.75) is 0 Å². The second-order valence-corrected chi connectivity index (χ2v) is 33.7. The van der Waals surface area contributed by atoms with E-state index in [2.05, 4.69) is 380 Å². The Hall–Kier alpha value is -4.40. The van der Waals surface area contributed by atoms with Gasteiger partial charge in [-0.05, 0) is 111 Å². The second-order valence-electron chi connectivity index (χ2n) is 19.0. The zero-order valence-electron chi connectivity index (χ0n) is 48.1. The molecule has 0 aliphatic heterocycles. The van der Waals surface area contributed by atoms with E-state index in [0.29, 0.717) is 0 Å². The Morgan fingerprint density at radius 2 is 0.261 bits per heavy atom. The van der Waals surface area contributed by atoms with Gasteiger partial charge in [0.05, 0.1) is 0 Å². The van der Waals surface area contributed by atoms with Crippen molar-refractivity contribution >= 4 is 121 Å². The summed E-state index contributed by atoms with van der Waals surface area (Å²) in [4.78, 5) is 0. The molecule has 451 valence electrons. The molecule has 12 heteroatoms. The third-order valence-corrected chi connectivity index (χ3v) is 31.5. The van der Waals surface area contributed by atoms with Crippen LogP contribution in [-0.2, 0) is 65.6 Å². The molecule has 1 nitrogen and oxygen atoms in total. The molecule has 0 atom stereocenters. The van der Waals surface area contributed by atoms with Gasteiger partial charge in [0.15, 0.2) is 0 Å². The van der Waals surface area contributed by atoms with Gasteiger partial charge in [0.2, 0.25) is 0 Å². The minimum absolute atomic E-state index is 0. The maximum absolute atomic E-state index is 7.50. The van der Waals surface area contributed by atoms with Gasteiger partial charge in [0.1, 0.15) is 0 Å². The Morgan fingerprint density at radius 3 is 0.330 bits per heavy atom. The van der Waals surface area contributed by atoms with E-state index in [-0.39, 0.29) is 54.5 Å². The van der Waals surface area contributed by atoms with Crippen LogP contribution in [-0.4, -0.2) is 17.7 Å². The summed E-state index contributed by atoms with van der Waals surface area (Å²) in [5.41, 5.74) is 0. The number of hydrogen-bond donors (Lipinski definition) is 0. The zero-order valence-corrected chi connectivity index (χ0v) is 61.8. The van der Waals surface area contributed by atoms with Crippen molar-refractivity contribution < 1.29 is 78.0 Å². The molecular weight excluding hydrogens is 1770 g/mol. The number of hydrogen-bond acceptors (Lipinski definition) is 0. The monoisotopic (exact) mass is 1840 g/mol. The Morgan fingerprint density at radius 1 is 0.193 bits per heavy atom. The molecular formula is C76H66Cl2OP6Pt3-. The van der Waals surface area contributed by atoms with Gasteiger partial charge in [-0.15, -0.1) is 0 Å². The average molecular weight is 1840 g/mol.